The fourth-order valence-corrected chi connectivity index (χ4v) is 3.88. The van der Waals surface area contributed by atoms with Gasteiger partial charge in [0.15, 0.2) is 11.5 Å². The first-order valence-corrected chi connectivity index (χ1v) is 10.8. The van der Waals surface area contributed by atoms with E-state index in [9.17, 15) is 9.18 Å². The molecule has 0 aliphatic heterocycles. The largest absolute Gasteiger partial charge is 0.493 e. The highest BCUT2D eigenvalue weighted by molar-refractivity contribution is 5.77. The van der Waals surface area contributed by atoms with Crippen molar-refractivity contribution in [1.29, 1.82) is 0 Å². The van der Waals surface area contributed by atoms with Crippen LogP contribution in [0.2, 0.25) is 0 Å². The molecule has 0 bridgehead atoms. The summed E-state index contributed by atoms with van der Waals surface area (Å²) in [6.45, 7) is 0.313. The van der Waals surface area contributed by atoms with Gasteiger partial charge in [-0.05, 0) is 60.5 Å². The van der Waals surface area contributed by atoms with E-state index >= 15 is 0 Å². The average molecular weight is 464 g/mol. The lowest BCUT2D eigenvalue weighted by atomic mass is 10.1. The zero-order valence-electron chi connectivity index (χ0n) is 19.3. The normalized spacial score (nSPS) is 10.8. The predicted molar refractivity (Wildman–Crippen MR) is 127 cm³/mol. The molecule has 0 atom stereocenters. The monoisotopic (exact) mass is 463 g/mol. The highest BCUT2D eigenvalue weighted by Crippen LogP contribution is 2.38. The van der Waals surface area contributed by atoms with Crippen LogP contribution in [0.15, 0.2) is 60.8 Å². The number of aromatic nitrogens is 2. The highest BCUT2D eigenvalue weighted by Gasteiger charge is 2.16. The number of hydrogen-bond donors (Lipinski definition) is 1. The van der Waals surface area contributed by atoms with E-state index in [1.54, 1.807) is 45.6 Å². The summed E-state index contributed by atoms with van der Waals surface area (Å²) in [6.07, 6.45) is 2.65. The molecule has 0 aliphatic rings. The van der Waals surface area contributed by atoms with E-state index in [0.29, 0.717) is 30.2 Å². The van der Waals surface area contributed by atoms with Gasteiger partial charge in [0.1, 0.15) is 11.5 Å². The number of rotatable bonds is 9. The first kappa shape index (κ1) is 23.1. The topological polar surface area (TPSA) is 74.1 Å². The van der Waals surface area contributed by atoms with E-state index < -0.39 is 0 Å². The Hall–Kier alpha value is -4.07. The third-order valence-corrected chi connectivity index (χ3v) is 5.55. The van der Waals surface area contributed by atoms with E-state index in [2.05, 4.69) is 5.32 Å². The maximum atomic E-state index is 13.4. The smallest absolute Gasteiger partial charge is 0.220 e. The van der Waals surface area contributed by atoms with Gasteiger partial charge in [0.25, 0.3) is 0 Å². The molecule has 0 saturated carbocycles. The Kier molecular flexibility index (Phi) is 6.96. The molecule has 0 fully saturated rings. The van der Waals surface area contributed by atoms with Crippen LogP contribution >= 0.6 is 0 Å². The van der Waals surface area contributed by atoms with Crippen molar-refractivity contribution in [2.75, 3.05) is 21.3 Å². The van der Waals surface area contributed by atoms with Crippen molar-refractivity contribution in [3.63, 3.8) is 0 Å². The number of fused-ring (bicyclic) bond motifs is 1. The van der Waals surface area contributed by atoms with Crippen molar-refractivity contribution >= 4 is 11.6 Å². The Balaban J connectivity index is 1.49. The number of hydrogen-bond acceptors (Lipinski definition) is 5. The second kappa shape index (κ2) is 10.2. The number of imidazole rings is 1. The summed E-state index contributed by atoms with van der Waals surface area (Å²) in [4.78, 5) is 17.4. The lowest BCUT2D eigenvalue weighted by Crippen LogP contribution is -2.23. The molecule has 4 aromatic rings. The molecule has 0 radical (unpaired) electrons. The number of carbonyl (C=O) groups is 1. The number of halogens is 1. The number of amides is 1. The zero-order valence-corrected chi connectivity index (χ0v) is 19.3. The van der Waals surface area contributed by atoms with Crippen LogP contribution in [-0.4, -0.2) is 36.6 Å². The van der Waals surface area contributed by atoms with Crippen LogP contribution in [0, 0.1) is 5.82 Å². The maximum absolute atomic E-state index is 13.4. The minimum atomic E-state index is -0.305. The van der Waals surface area contributed by atoms with Gasteiger partial charge in [0, 0.05) is 24.7 Å². The summed E-state index contributed by atoms with van der Waals surface area (Å²) in [5, 5.41) is 2.95. The quantitative estimate of drug-likeness (QED) is 0.398. The molecule has 7 nitrogen and oxygen atoms in total. The van der Waals surface area contributed by atoms with Crippen molar-refractivity contribution < 1.29 is 23.4 Å². The Morgan fingerprint density at radius 3 is 2.35 bits per heavy atom. The van der Waals surface area contributed by atoms with E-state index in [1.807, 2.05) is 28.8 Å². The fraction of sp³-hybridized carbons (Fsp3) is 0.231. The zero-order chi connectivity index (χ0) is 24.1. The van der Waals surface area contributed by atoms with Crippen LogP contribution in [0.25, 0.3) is 16.9 Å². The highest BCUT2D eigenvalue weighted by atomic mass is 19.1. The van der Waals surface area contributed by atoms with Gasteiger partial charge in [-0.1, -0.05) is 6.07 Å². The Labute approximate surface area is 197 Å². The molecular weight excluding hydrogens is 437 g/mol. The number of nitrogens with zero attached hydrogens (tertiary/aromatic N) is 2. The van der Waals surface area contributed by atoms with Crippen LogP contribution in [0.5, 0.6) is 17.2 Å². The molecule has 4 rings (SSSR count). The Morgan fingerprint density at radius 2 is 1.71 bits per heavy atom. The molecule has 0 aliphatic carbocycles. The van der Waals surface area contributed by atoms with Gasteiger partial charge < -0.3 is 23.9 Å². The Morgan fingerprint density at radius 1 is 1.00 bits per heavy atom. The minimum Gasteiger partial charge on any atom is -0.493 e. The van der Waals surface area contributed by atoms with Crippen LogP contribution in [0.3, 0.4) is 0 Å². The SMILES string of the molecule is COc1cc(CNC(=O)CCc2c(-c3ccc(F)cc3)nc3ccccn23)cc(OC)c1OC. The third-order valence-electron chi connectivity index (χ3n) is 5.55. The van der Waals surface area contributed by atoms with Gasteiger partial charge in [-0.15, -0.1) is 0 Å². The maximum Gasteiger partial charge on any atom is 0.220 e. The Bertz CT molecular complexity index is 1280. The van der Waals surface area contributed by atoms with Crippen LogP contribution in [0.4, 0.5) is 4.39 Å². The molecule has 1 amide bonds. The first-order valence-electron chi connectivity index (χ1n) is 10.8. The van der Waals surface area contributed by atoms with Crippen molar-refractivity contribution in [1.82, 2.24) is 14.7 Å². The van der Waals surface area contributed by atoms with E-state index in [1.165, 1.54) is 12.1 Å². The van der Waals surface area contributed by atoms with E-state index in [0.717, 1.165) is 28.2 Å². The molecule has 1 N–H and O–H groups in total. The number of aryl methyl sites for hydroxylation is 1. The van der Waals surface area contributed by atoms with Gasteiger partial charge in [-0.2, -0.15) is 0 Å². The van der Waals surface area contributed by atoms with Crippen molar-refractivity contribution in [3.05, 3.63) is 77.9 Å². The second-order valence-corrected chi connectivity index (χ2v) is 7.65. The first-order chi connectivity index (χ1) is 16.5. The minimum absolute atomic E-state index is 0.107. The molecule has 2 aromatic heterocycles. The van der Waals surface area contributed by atoms with Gasteiger partial charge in [-0.25, -0.2) is 9.37 Å². The van der Waals surface area contributed by atoms with Crippen LogP contribution < -0.4 is 19.5 Å². The van der Waals surface area contributed by atoms with Gasteiger partial charge >= 0.3 is 0 Å². The molecule has 34 heavy (non-hydrogen) atoms. The molecule has 2 heterocycles. The number of ether oxygens (including phenoxy) is 3. The second-order valence-electron chi connectivity index (χ2n) is 7.65. The van der Waals surface area contributed by atoms with Crippen molar-refractivity contribution in [3.8, 4) is 28.5 Å². The summed E-state index contributed by atoms with van der Waals surface area (Å²) < 4.78 is 31.5. The summed E-state index contributed by atoms with van der Waals surface area (Å²) >= 11 is 0. The van der Waals surface area contributed by atoms with Gasteiger partial charge in [-0.3, -0.25) is 4.79 Å². The molecular formula is C26H26FN3O4. The lowest BCUT2D eigenvalue weighted by Gasteiger charge is -2.14. The van der Waals surface area contributed by atoms with E-state index in [4.69, 9.17) is 19.2 Å². The molecule has 176 valence electrons. The standard InChI is InChI=1S/C26H26FN3O4/c1-32-21-14-17(15-22(33-2)26(21)34-3)16-28-24(31)12-11-20-25(18-7-9-19(27)10-8-18)29-23-6-4-5-13-30(20)23/h4-10,13-15H,11-12,16H2,1-3H3,(H,28,31). The van der Waals surface area contributed by atoms with Crippen molar-refractivity contribution in [2.24, 2.45) is 0 Å². The molecule has 2 aromatic carbocycles. The summed E-state index contributed by atoms with van der Waals surface area (Å²) in [5.74, 6) is 1.15. The van der Waals surface area contributed by atoms with Crippen molar-refractivity contribution in [2.45, 2.75) is 19.4 Å². The summed E-state index contributed by atoms with van der Waals surface area (Å²) in [7, 11) is 4.64. The third kappa shape index (κ3) is 4.80. The predicted octanol–water partition coefficient (Wildman–Crippen LogP) is 4.42. The van der Waals surface area contributed by atoms with Gasteiger partial charge in [0.05, 0.1) is 32.7 Å². The molecule has 8 heteroatoms. The number of methoxy groups -OCH3 is 3. The number of carbonyl (C=O) groups excluding carboxylic acids is 1. The number of pyridine rings is 1. The number of benzene rings is 2. The summed E-state index contributed by atoms with van der Waals surface area (Å²) in [6, 6.07) is 15.6. The van der Waals surface area contributed by atoms with E-state index in [-0.39, 0.29) is 18.1 Å². The lowest BCUT2D eigenvalue weighted by molar-refractivity contribution is -0.121. The molecule has 0 spiro atoms. The summed E-state index contributed by atoms with van der Waals surface area (Å²) in [5.41, 5.74) is 4.03. The average Bonchev–Trinajstić information content (AvgIpc) is 3.24. The van der Waals surface area contributed by atoms with Crippen LogP contribution in [-0.2, 0) is 17.8 Å². The molecule has 0 saturated heterocycles. The van der Waals surface area contributed by atoms with Crippen LogP contribution in [0.1, 0.15) is 17.7 Å². The van der Waals surface area contributed by atoms with Gasteiger partial charge in [0.2, 0.25) is 11.7 Å². The molecule has 0 unspecified atom stereocenters. The fourth-order valence-electron chi connectivity index (χ4n) is 3.88. The number of nitrogens with one attached hydrogen (secondary N) is 1.